The summed E-state index contributed by atoms with van der Waals surface area (Å²) < 4.78 is 0.871. The Morgan fingerprint density at radius 1 is 1.38 bits per heavy atom. The van der Waals surface area contributed by atoms with Crippen LogP contribution < -0.4 is 0 Å². The zero-order chi connectivity index (χ0) is 12.1. The van der Waals surface area contributed by atoms with Crippen molar-refractivity contribution in [2.45, 2.75) is 19.2 Å². The topological polar surface area (TPSA) is 20.3 Å². The van der Waals surface area contributed by atoms with Crippen LogP contribution in [0.2, 0.25) is 0 Å². The van der Waals surface area contributed by atoms with Gasteiger partial charge in [0.15, 0.2) is 0 Å². The maximum absolute atomic E-state index is 12.0. The minimum absolute atomic E-state index is 0.0430. The van der Waals surface area contributed by atoms with Gasteiger partial charge in [0, 0.05) is 17.6 Å². The predicted molar refractivity (Wildman–Crippen MR) is 70.7 cm³/mol. The van der Waals surface area contributed by atoms with E-state index in [9.17, 15) is 4.79 Å². The highest BCUT2D eigenvalue weighted by molar-refractivity contribution is 9.10. The lowest BCUT2D eigenvalue weighted by Gasteiger charge is -2.22. The Morgan fingerprint density at radius 2 is 1.94 bits per heavy atom. The number of benzene rings is 1. The molecule has 1 amide bonds. The van der Waals surface area contributed by atoms with E-state index in [2.05, 4.69) is 15.9 Å². The van der Waals surface area contributed by atoms with Gasteiger partial charge in [-0.2, -0.15) is 0 Å². The lowest BCUT2D eigenvalue weighted by molar-refractivity contribution is -0.130. The number of hydrogen-bond donors (Lipinski definition) is 0. The number of rotatable bonds is 4. The normalized spacial score (nSPS) is 12.2. The molecule has 0 aliphatic heterocycles. The molecule has 2 nitrogen and oxygen atoms in total. The number of amides is 1. The van der Waals surface area contributed by atoms with Crippen LogP contribution in [0, 0.1) is 0 Å². The van der Waals surface area contributed by atoms with E-state index in [1.54, 1.807) is 4.90 Å². The summed E-state index contributed by atoms with van der Waals surface area (Å²) in [6.07, 6.45) is 0. The smallest absolute Gasteiger partial charge is 0.245 e. The van der Waals surface area contributed by atoms with E-state index in [0.717, 1.165) is 10.0 Å². The molecule has 1 atom stereocenters. The molecule has 1 unspecified atom stereocenters. The first-order chi connectivity index (χ1) is 7.61. The third-order valence-electron chi connectivity index (χ3n) is 2.47. The van der Waals surface area contributed by atoms with E-state index in [1.807, 2.05) is 38.1 Å². The largest absolute Gasteiger partial charge is 0.342 e. The Hall–Kier alpha value is -0.540. The van der Waals surface area contributed by atoms with Crippen molar-refractivity contribution in [3.05, 3.63) is 34.3 Å². The van der Waals surface area contributed by atoms with Crippen molar-refractivity contribution < 1.29 is 4.79 Å². The van der Waals surface area contributed by atoms with Gasteiger partial charge in [-0.25, -0.2) is 0 Å². The fourth-order valence-corrected chi connectivity index (χ4v) is 2.48. The van der Waals surface area contributed by atoms with Crippen molar-refractivity contribution in [2.24, 2.45) is 0 Å². The molecule has 1 aromatic carbocycles. The van der Waals surface area contributed by atoms with E-state index in [-0.39, 0.29) is 5.91 Å². The molecule has 0 bridgehead atoms. The van der Waals surface area contributed by atoms with Crippen molar-refractivity contribution in [1.82, 2.24) is 4.90 Å². The van der Waals surface area contributed by atoms with Crippen LogP contribution in [0.5, 0.6) is 0 Å². The number of hydrogen-bond acceptors (Lipinski definition) is 1. The second-order valence-corrected chi connectivity index (χ2v) is 4.69. The Morgan fingerprint density at radius 3 is 2.44 bits per heavy atom. The van der Waals surface area contributed by atoms with Crippen molar-refractivity contribution in [3.63, 3.8) is 0 Å². The molecule has 0 fully saturated rings. The van der Waals surface area contributed by atoms with Crippen LogP contribution in [0.3, 0.4) is 0 Å². The molecule has 0 radical (unpaired) electrons. The number of likely N-dealkylation sites (N-methyl/N-ethyl adjacent to an activating group) is 1. The number of alkyl halides is 1. The molecule has 0 spiro atoms. The predicted octanol–water partition coefficient (Wildman–Crippen LogP) is 3.60. The van der Waals surface area contributed by atoms with E-state index in [4.69, 9.17) is 11.6 Å². The van der Waals surface area contributed by atoms with Crippen LogP contribution in [0.1, 0.15) is 24.8 Å². The minimum Gasteiger partial charge on any atom is -0.342 e. The van der Waals surface area contributed by atoms with Crippen LogP contribution in [0.4, 0.5) is 0 Å². The lowest BCUT2D eigenvalue weighted by Crippen LogP contribution is -2.33. The maximum atomic E-state index is 12.0. The molecular weight excluding hydrogens is 289 g/mol. The molecule has 16 heavy (non-hydrogen) atoms. The third-order valence-corrected chi connectivity index (χ3v) is 3.61. The molecule has 0 N–H and O–H groups in total. The van der Waals surface area contributed by atoms with E-state index in [0.29, 0.717) is 13.1 Å². The molecule has 88 valence electrons. The molecule has 0 aromatic heterocycles. The summed E-state index contributed by atoms with van der Waals surface area (Å²) in [7, 11) is 0. The summed E-state index contributed by atoms with van der Waals surface area (Å²) in [6.45, 7) is 5.27. The Labute approximate surface area is 110 Å². The number of carbonyl (C=O) groups excluding carboxylic acids is 1. The van der Waals surface area contributed by atoms with Crippen molar-refractivity contribution in [2.75, 3.05) is 13.1 Å². The van der Waals surface area contributed by atoms with Gasteiger partial charge in [-0.15, -0.1) is 11.6 Å². The van der Waals surface area contributed by atoms with Crippen LogP contribution in [-0.4, -0.2) is 23.9 Å². The number of carbonyl (C=O) groups is 1. The van der Waals surface area contributed by atoms with Crippen molar-refractivity contribution in [3.8, 4) is 0 Å². The van der Waals surface area contributed by atoms with Gasteiger partial charge in [-0.1, -0.05) is 34.1 Å². The van der Waals surface area contributed by atoms with Crippen LogP contribution in [0.25, 0.3) is 0 Å². The lowest BCUT2D eigenvalue weighted by atomic mass is 10.1. The Balaban J connectivity index is 2.90. The highest BCUT2D eigenvalue weighted by Gasteiger charge is 2.23. The van der Waals surface area contributed by atoms with Crippen LogP contribution in [-0.2, 0) is 4.79 Å². The summed E-state index contributed by atoms with van der Waals surface area (Å²) in [5.74, 6) is -0.0430. The Kier molecular flexibility index (Phi) is 5.29. The van der Waals surface area contributed by atoms with E-state index < -0.39 is 5.38 Å². The molecule has 0 aliphatic carbocycles. The summed E-state index contributed by atoms with van der Waals surface area (Å²) in [5, 5.41) is -0.615. The van der Waals surface area contributed by atoms with Gasteiger partial charge in [0.25, 0.3) is 0 Å². The first kappa shape index (κ1) is 13.5. The summed E-state index contributed by atoms with van der Waals surface area (Å²) in [6, 6.07) is 7.54. The highest BCUT2D eigenvalue weighted by atomic mass is 79.9. The van der Waals surface area contributed by atoms with Gasteiger partial charge in [0.1, 0.15) is 5.38 Å². The molecule has 0 saturated heterocycles. The zero-order valence-corrected chi connectivity index (χ0v) is 11.8. The standard InChI is InChI=1S/C12H15BrClNO/c1-3-15(4-2)12(16)11(14)9-7-5-6-8-10(9)13/h5-8,11H,3-4H2,1-2H3. The zero-order valence-electron chi connectivity index (χ0n) is 9.41. The van der Waals surface area contributed by atoms with Crippen molar-refractivity contribution >= 4 is 33.4 Å². The fourth-order valence-electron chi connectivity index (χ4n) is 1.51. The quantitative estimate of drug-likeness (QED) is 0.778. The summed E-state index contributed by atoms with van der Waals surface area (Å²) in [5.41, 5.74) is 0.820. The molecule has 1 rings (SSSR count). The van der Waals surface area contributed by atoms with Gasteiger partial charge < -0.3 is 4.90 Å². The maximum Gasteiger partial charge on any atom is 0.245 e. The first-order valence-electron chi connectivity index (χ1n) is 5.29. The van der Waals surface area contributed by atoms with Crippen LogP contribution >= 0.6 is 27.5 Å². The van der Waals surface area contributed by atoms with E-state index in [1.165, 1.54) is 0 Å². The van der Waals surface area contributed by atoms with Gasteiger partial charge in [0.2, 0.25) is 5.91 Å². The van der Waals surface area contributed by atoms with Crippen LogP contribution in [0.15, 0.2) is 28.7 Å². The molecular formula is C12H15BrClNO. The SMILES string of the molecule is CCN(CC)C(=O)C(Cl)c1ccccc1Br. The average molecular weight is 305 g/mol. The molecule has 1 aromatic rings. The minimum atomic E-state index is -0.615. The summed E-state index contributed by atoms with van der Waals surface area (Å²) >= 11 is 9.60. The molecule has 0 heterocycles. The second-order valence-electron chi connectivity index (χ2n) is 3.39. The fraction of sp³-hybridized carbons (Fsp3) is 0.417. The molecule has 4 heteroatoms. The molecule has 0 saturated carbocycles. The van der Waals surface area contributed by atoms with Crippen molar-refractivity contribution in [1.29, 1.82) is 0 Å². The Bertz CT molecular complexity index is 366. The first-order valence-corrected chi connectivity index (χ1v) is 6.52. The number of nitrogens with zero attached hydrogens (tertiary/aromatic N) is 1. The van der Waals surface area contributed by atoms with E-state index >= 15 is 0 Å². The number of halogens is 2. The third kappa shape index (κ3) is 2.98. The highest BCUT2D eigenvalue weighted by Crippen LogP contribution is 2.29. The van der Waals surface area contributed by atoms with Gasteiger partial charge in [0.05, 0.1) is 0 Å². The molecule has 0 aliphatic rings. The van der Waals surface area contributed by atoms with Gasteiger partial charge in [-0.05, 0) is 25.5 Å². The average Bonchev–Trinajstić information content (AvgIpc) is 2.30. The monoisotopic (exact) mass is 303 g/mol. The summed E-state index contributed by atoms with van der Waals surface area (Å²) in [4.78, 5) is 13.8. The second kappa shape index (κ2) is 6.26. The van der Waals surface area contributed by atoms with Gasteiger partial charge >= 0.3 is 0 Å². The van der Waals surface area contributed by atoms with Gasteiger partial charge in [-0.3, -0.25) is 4.79 Å².